The lowest BCUT2D eigenvalue weighted by Crippen LogP contribution is -2.27. The van der Waals surface area contributed by atoms with Gasteiger partial charge < -0.3 is 10.0 Å². The summed E-state index contributed by atoms with van der Waals surface area (Å²) < 4.78 is 0. The zero-order valence-electron chi connectivity index (χ0n) is 13.0. The van der Waals surface area contributed by atoms with E-state index in [0.29, 0.717) is 0 Å². The molecule has 0 aliphatic heterocycles. The lowest BCUT2D eigenvalue weighted by atomic mass is 9.91. The Morgan fingerprint density at radius 1 is 1.11 bits per heavy atom. The molecule has 0 spiro atoms. The third kappa shape index (κ3) is 4.50. The molecule has 0 fully saturated rings. The number of anilines is 1. The van der Waals surface area contributed by atoms with Crippen molar-refractivity contribution in [1.82, 2.24) is 4.98 Å². The number of hydrogen-bond donors (Lipinski definition) is 1. The second kappa shape index (κ2) is 6.90. The van der Waals surface area contributed by atoms with Gasteiger partial charge in [0.05, 0.1) is 6.61 Å². The molecule has 0 bridgehead atoms. The van der Waals surface area contributed by atoms with Crippen LogP contribution in [0.3, 0.4) is 0 Å². The highest BCUT2D eigenvalue weighted by atomic mass is 16.3. The first-order valence-corrected chi connectivity index (χ1v) is 7.29. The minimum atomic E-state index is 0.00400. The highest BCUT2D eigenvalue weighted by molar-refractivity contribution is 5.43. The van der Waals surface area contributed by atoms with Gasteiger partial charge in [-0.05, 0) is 30.5 Å². The van der Waals surface area contributed by atoms with Crippen LogP contribution >= 0.6 is 0 Å². The van der Waals surface area contributed by atoms with Crippen molar-refractivity contribution in [2.45, 2.75) is 59.5 Å². The summed E-state index contributed by atoms with van der Waals surface area (Å²) in [6, 6.07) is 4.03. The molecule has 0 saturated heterocycles. The van der Waals surface area contributed by atoms with Crippen molar-refractivity contribution in [2.75, 3.05) is 18.0 Å². The van der Waals surface area contributed by atoms with E-state index in [9.17, 15) is 5.11 Å². The van der Waals surface area contributed by atoms with Gasteiger partial charge in [-0.3, -0.25) is 0 Å². The summed E-state index contributed by atoms with van der Waals surface area (Å²) in [7, 11) is 0. The Hall–Kier alpha value is -1.09. The van der Waals surface area contributed by atoms with Crippen molar-refractivity contribution in [1.29, 1.82) is 0 Å². The minimum absolute atomic E-state index is 0.00400. The van der Waals surface area contributed by atoms with Crippen LogP contribution in [0.2, 0.25) is 0 Å². The lowest BCUT2D eigenvalue weighted by molar-refractivity contribution is 0.281. The summed E-state index contributed by atoms with van der Waals surface area (Å²) in [5.74, 6) is 1.00. The Labute approximate surface area is 117 Å². The predicted octanol–water partition coefficient (Wildman–Crippen LogP) is 3.50. The van der Waals surface area contributed by atoms with E-state index >= 15 is 0 Å². The van der Waals surface area contributed by atoms with Gasteiger partial charge in [0.2, 0.25) is 0 Å². The number of pyridine rings is 1. The van der Waals surface area contributed by atoms with Gasteiger partial charge in [0.15, 0.2) is 0 Å². The Morgan fingerprint density at radius 2 is 1.68 bits per heavy atom. The van der Waals surface area contributed by atoms with Gasteiger partial charge in [-0.25, -0.2) is 4.98 Å². The van der Waals surface area contributed by atoms with Crippen LogP contribution in [0, 0.1) is 0 Å². The Kier molecular flexibility index (Phi) is 5.80. The van der Waals surface area contributed by atoms with Crippen molar-refractivity contribution in [3.05, 3.63) is 23.4 Å². The fraction of sp³-hybridized carbons (Fsp3) is 0.688. The molecule has 3 nitrogen and oxygen atoms in total. The second-order valence-corrected chi connectivity index (χ2v) is 6.11. The van der Waals surface area contributed by atoms with Gasteiger partial charge >= 0.3 is 0 Å². The second-order valence-electron chi connectivity index (χ2n) is 6.11. The maximum atomic E-state index is 9.45. The first kappa shape index (κ1) is 16.0. The van der Waals surface area contributed by atoms with E-state index in [1.54, 1.807) is 0 Å². The highest BCUT2D eigenvalue weighted by Gasteiger charge is 2.18. The number of nitrogens with zero attached hydrogens (tertiary/aromatic N) is 2. The smallest absolute Gasteiger partial charge is 0.129 e. The van der Waals surface area contributed by atoms with E-state index in [1.165, 1.54) is 0 Å². The maximum Gasteiger partial charge on any atom is 0.129 e. The fourth-order valence-electron chi connectivity index (χ4n) is 2.09. The molecule has 0 unspecified atom stereocenters. The molecule has 1 aromatic heterocycles. The SMILES string of the molecule is CCCN(CCC)c1cc(CO)cc(C(C)(C)C)n1. The number of aliphatic hydroxyl groups excluding tert-OH is 1. The van der Waals surface area contributed by atoms with Crippen LogP contribution in [0.4, 0.5) is 5.82 Å². The van der Waals surface area contributed by atoms with Crippen LogP contribution in [-0.4, -0.2) is 23.2 Å². The van der Waals surface area contributed by atoms with E-state index < -0.39 is 0 Å². The van der Waals surface area contributed by atoms with Crippen LogP contribution in [0.5, 0.6) is 0 Å². The first-order valence-electron chi connectivity index (χ1n) is 7.29. The molecule has 1 rings (SSSR count). The van der Waals surface area contributed by atoms with Crippen LogP contribution in [0.25, 0.3) is 0 Å². The molecule has 0 atom stereocenters. The van der Waals surface area contributed by atoms with Crippen molar-refractivity contribution in [3.8, 4) is 0 Å². The largest absolute Gasteiger partial charge is 0.392 e. The van der Waals surface area contributed by atoms with Crippen LogP contribution in [0.1, 0.15) is 58.7 Å². The normalized spacial score (nSPS) is 11.7. The molecule has 0 radical (unpaired) electrons. The standard InChI is InChI=1S/C16H28N2O/c1-6-8-18(9-7-2)15-11-13(12-19)10-14(17-15)16(3,4)5/h10-11,19H,6-9,12H2,1-5H3. The van der Waals surface area contributed by atoms with Crippen LogP contribution in [0.15, 0.2) is 12.1 Å². The molecule has 0 amide bonds. The van der Waals surface area contributed by atoms with Crippen LogP contribution < -0.4 is 4.90 Å². The molecule has 1 heterocycles. The molecule has 1 N–H and O–H groups in total. The summed E-state index contributed by atoms with van der Waals surface area (Å²) in [6.45, 7) is 12.9. The van der Waals surface area contributed by atoms with E-state index in [4.69, 9.17) is 4.98 Å². The predicted molar refractivity (Wildman–Crippen MR) is 81.7 cm³/mol. The molecule has 3 heteroatoms. The molecular weight excluding hydrogens is 236 g/mol. The molecule has 0 aliphatic rings. The highest BCUT2D eigenvalue weighted by Crippen LogP contribution is 2.25. The zero-order chi connectivity index (χ0) is 14.5. The van der Waals surface area contributed by atoms with Gasteiger partial charge in [0.1, 0.15) is 5.82 Å². The average molecular weight is 264 g/mol. The third-order valence-electron chi connectivity index (χ3n) is 3.13. The number of aromatic nitrogens is 1. The van der Waals surface area contributed by atoms with E-state index in [0.717, 1.165) is 43.0 Å². The minimum Gasteiger partial charge on any atom is -0.392 e. The summed E-state index contributed by atoms with van der Waals surface area (Å²) in [4.78, 5) is 7.12. The average Bonchev–Trinajstić information content (AvgIpc) is 2.37. The molecule has 0 aliphatic carbocycles. The monoisotopic (exact) mass is 264 g/mol. The topological polar surface area (TPSA) is 36.4 Å². The van der Waals surface area contributed by atoms with Crippen molar-refractivity contribution in [3.63, 3.8) is 0 Å². The third-order valence-corrected chi connectivity index (χ3v) is 3.13. The molecule has 108 valence electrons. The number of rotatable bonds is 6. The summed E-state index contributed by atoms with van der Waals surface area (Å²) in [6.07, 6.45) is 2.21. The maximum absolute atomic E-state index is 9.45. The van der Waals surface area contributed by atoms with Gasteiger partial charge in [-0.2, -0.15) is 0 Å². The quantitative estimate of drug-likeness (QED) is 0.854. The zero-order valence-corrected chi connectivity index (χ0v) is 13.0. The van der Waals surface area contributed by atoms with E-state index in [2.05, 4.69) is 39.5 Å². The molecular formula is C16H28N2O. The van der Waals surface area contributed by atoms with E-state index in [1.807, 2.05) is 12.1 Å². The van der Waals surface area contributed by atoms with Gasteiger partial charge in [0.25, 0.3) is 0 Å². The molecule has 1 aromatic rings. The summed E-state index contributed by atoms with van der Waals surface area (Å²) >= 11 is 0. The number of aliphatic hydroxyl groups is 1. The fourth-order valence-corrected chi connectivity index (χ4v) is 2.09. The summed E-state index contributed by atoms with van der Waals surface area (Å²) in [5.41, 5.74) is 2.00. The van der Waals surface area contributed by atoms with Crippen LogP contribution in [-0.2, 0) is 12.0 Å². The van der Waals surface area contributed by atoms with Crippen molar-refractivity contribution in [2.24, 2.45) is 0 Å². The Bertz CT molecular complexity index is 390. The molecule has 0 aromatic carbocycles. The summed E-state index contributed by atoms with van der Waals surface area (Å²) in [5, 5.41) is 9.45. The van der Waals surface area contributed by atoms with Crippen molar-refractivity contribution < 1.29 is 5.11 Å². The number of hydrogen-bond acceptors (Lipinski definition) is 3. The first-order chi connectivity index (χ1) is 8.92. The molecule has 19 heavy (non-hydrogen) atoms. The Morgan fingerprint density at radius 3 is 2.11 bits per heavy atom. The van der Waals surface area contributed by atoms with Gasteiger partial charge in [-0.15, -0.1) is 0 Å². The van der Waals surface area contributed by atoms with Gasteiger partial charge in [0, 0.05) is 24.2 Å². The van der Waals surface area contributed by atoms with Gasteiger partial charge in [-0.1, -0.05) is 34.6 Å². The lowest BCUT2D eigenvalue weighted by Gasteiger charge is -2.26. The molecule has 0 saturated carbocycles. The van der Waals surface area contributed by atoms with E-state index in [-0.39, 0.29) is 12.0 Å². The van der Waals surface area contributed by atoms with Crippen molar-refractivity contribution >= 4 is 5.82 Å². The Balaban J connectivity index is 3.17.